The molecule has 9 heteroatoms. The predicted molar refractivity (Wildman–Crippen MR) is 120 cm³/mol. The van der Waals surface area contributed by atoms with Crippen molar-refractivity contribution in [2.75, 3.05) is 0 Å². The van der Waals surface area contributed by atoms with Gasteiger partial charge in [0.05, 0.1) is 10.4 Å². The first-order valence-corrected chi connectivity index (χ1v) is 13.2. The Morgan fingerprint density at radius 3 is 2.10 bits per heavy atom. The largest absolute Gasteiger partial charge is 0.255 e. The van der Waals surface area contributed by atoms with Crippen LogP contribution in [0.15, 0.2) is 70.6 Å². The number of pyridine rings is 1. The Balaban J connectivity index is 1.59. The number of benzene rings is 2. The maximum atomic E-state index is 13.2. The smallest absolute Gasteiger partial charge is 0.243 e. The molecule has 2 N–H and O–H groups in total. The third kappa shape index (κ3) is 4.79. The third-order valence-corrected chi connectivity index (χ3v) is 8.62. The van der Waals surface area contributed by atoms with Crippen LogP contribution in [0.1, 0.15) is 31.2 Å². The average Bonchev–Trinajstić information content (AvgIpc) is 2.74. The van der Waals surface area contributed by atoms with Crippen LogP contribution in [-0.2, 0) is 20.0 Å². The summed E-state index contributed by atoms with van der Waals surface area (Å²) in [6.07, 6.45) is 4.32. The molecule has 3 aromatic rings. The Labute approximate surface area is 183 Å². The molecule has 1 aliphatic rings. The number of nitrogens with one attached hydrogen (secondary N) is 2. The molecule has 4 rings (SSSR count). The number of para-hydroxylation sites is 1. The highest BCUT2D eigenvalue weighted by atomic mass is 32.2. The first kappa shape index (κ1) is 21.9. The topological polar surface area (TPSA) is 105 Å². The van der Waals surface area contributed by atoms with Gasteiger partial charge >= 0.3 is 0 Å². The van der Waals surface area contributed by atoms with Crippen molar-refractivity contribution in [3.8, 4) is 0 Å². The van der Waals surface area contributed by atoms with E-state index < -0.39 is 32.1 Å². The molecule has 2 atom stereocenters. The number of nitrogens with zero attached hydrogens (tertiary/aromatic N) is 1. The zero-order valence-electron chi connectivity index (χ0n) is 17.2. The zero-order chi connectivity index (χ0) is 22.1. The van der Waals surface area contributed by atoms with E-state index >= 15 is 0 Å². The summed E-state index contributed by atoms with van der Waals surface area (Å²) in [4.78, 5) is 4.50. The Morgan fingerprint density at radius 2 is 1.42 bits per heavy atom. The standard InChI is InChI=1S/C22H25N3O4S2/c1-16-11-13-18(14-12-16)30(26,27)24-19-8-2-3-9-20(19)25-31(28,29)21-10-4-6-17-7-5-15-23-22(17)21/h4-7,10-15,19-20,24-25H,2-3,8-9H2,1H3/t19-,20-/m0/s1. The Hall–Kier alpha value is -2.33. The Bertz CT molecular complexity index is 1280. The van der Waals surface area contributed by atoms with Crippen molar-refractivity contribution in [3.63, 3.8) is 0 Å². The molecule has 0 bridgehead atoms. The van der Waals surface area contributed by atoms with E-state index in [9.17, 15) is 16.8 Å². The molecule has 0 saturated heterocycles. The highest BCUT2D eigenvalue weighted by molar-refractivity contribution is 7.90. The Kier molecular flexibility index (Phi) is 6.11. The highest BCUT2D eigenvalue weighted by Gasteiger charge is 2.33. The molecule has 164 valence electrons. The van der Waals surface area contributed by atoms with Gasteiger partial charge in [0.2, 0.25) is 20.0 Å². The number of hydrogen-bond donors (Lipinski definition) is 2. The number of rotatable bonds is 6. The summed E-state index contributed by atoms with van der Waals surface area (Å²) in [6, 6.07) is 14.1. The normalized spacial score (nSPS) is 20.0. The second-order valence-electron chi connectivity index (χ2n) is 7.88. The van der Waals surface area contributed by atoms with Crippen LogP contribution in [0.3, 0.4) is 0 Å². The number of hydrogen-bond acceptors (Lipinski definition) is 5. The van der Waals surface area contributed by atoms with Gasteiger partial charge < -0.3 is 0 Å². The van der Waals surface area contributed by atoms with E-state index in [0.717, 1.165) is 23.8 Å². The van der Waals surface area contributed by atoms with Gasteiger partial charge in [-0.1, -0.05) is 48.7 Å². The van der Waals surface area contributed by atoms with Crippen LogP contribution in [0.5, 0.6) is 0 Å². The monoisotopic (exact) mass is 459 g/mol. The minimum absolute atomic E-state index is 0.0938. The van der Waals surface area contributed by atoms with E-state index in [1.54, 1.807) is 54.7 Å². The van der Waals surface area contributed by atoms with Gasteiger partial charge in [-0.25, -0.2) is 26.3 Å². The quantitative estimate of drug-likeness (QED) is 0.589. The van der Waals surface area contributed by atoms with Gasteiger partial charge in [-0.3, -0.25) is 4.98 Å². The van der Waals surface area contributed by atoms with Gasteiger partial charge in [0, 0.05) is 23.7 Å². The van der Waals surface area contributed by atoms with Crippen LogP contribution >= 0.6 is 0 Å². The molecule has 2 aromatic carbocycles. The van der Waals surface area contributed by atoms with E-state index in [1.807, 2.05) is 6.92 Å². The molecule has 0 radical (unpaired) electrons. The lowest BCUT2D eigenvalue weighted by Gasteiger charge is -2.32. The van der Waals surface area contributed by atoms with Gasteiger partial charge in [-0.15, -0.1) is 0 Å². The molecular formula is C22H25N3O4S2. The van der Waals surface area contributed by atoms with Crippen molar-refractivity contribution < 1.29 is 16.8 Å². The zero-order valence-corrected chi connectivity index (χ0v) is 18.8. The highest BCUT2D eigenvalue weighted by Crippen LogP contribution is 2.25. The van der Waals surface area contributed by atoms with E-state index in [1.165, 1.54) is 6.07 Å². The molecule has 0 aliphatic heterocycles. The second kappa shape index (κ2) is 8.66. The van der Waals surface area contributed by atoms with Crippen LogP contribution in [0.4, 0.5) is 0 Å². The summed E-state index contributed by atoms with van der Waals surface area (Å²) >= 11 is 0. The SMILES string of the molecule is Cc1ccc(S(=O)(=O)N[C@H]2CCCC[C@@H]2NS(=O)(=O)c2cccc3cccnc23)cc1. The molecule has 1 heterocycles. The molecule has 1 aromatic heterocycles. The van der Waals surface area contributed by atoms with Crippen LogP contribution in [0, 0.1) is 6.92 Å². The van der Waals surface area contributed by atoms with Crippen LogP contribution < -0.4 is 9.44 Å². The lowest BCUT2D eigenvalue weighted by Crippen LogP contribution is -2.53. The molecule has 0 unspecified atom stereocenters. The lowest BCUT2D eigenvalue weighted by atomic mass is 9.92. The first-order valence-electron chi connectivity index (χ1n) is 10.2. The van der Waals surface area contributed by atoms with Gasteiger partial charge in [-0.05, 0) is 44.0 Å². The molecular weight excluding hydrogens is 434 g/mol. The summed E-state index contributed by atoms with van der Waals surface area (Å²) in [5, 5.41) is 0.727. The summed E-state index contributed by atoms with van der Waals surface area (Å²) in [5.41, 5.74) is 1.36. The number of aromatic nitrogens is 1. The minimum Gasteiger partial charge on any atom is -0.255 e. The fourth-order valence-electron chi connectivity index (χ4n) is 3.95. The van der Waals surface area contributed by atoms with Crippen molar-refractivity contribution in [1.29, 1.82) is 0 Å². The fourth-order valence-corrected chi connectivity index (χ4v) is 6.76. The summed E-state index contributed by atoms with van der Waals surface area (Å²) < 4.78 is 57.6. The van der Waals surface area contributed by atoms with Gasteiger partial charge in [0.15, 0.2) is 0 Å². The summed E-state index contributed by atoms with van der Waals surface area (Å²) in [5.74, 6) is 0. The molecule has 7 nitrogen and oxygen atoms in total. The second-order valence-corrected chi connectivity index (χ2v) is 11.3. The number of aryl methyl sites for hydroxylation is 1. The van der Waals surface area contributed by atoms with E-state index in [2.05, 4.69) is 14.4 Å². The maximum Gasteiger partial charge on any atom is 0.243 e. The third-order valence-electron chi connectivity index (χ3n) is 5.60. The molecule has 1 aliphatic carbocycles. The lowest BCUT2D eigenvalue weighted by molar-refractivity contribution is 0.340. The minimum atomic E-state index is -3.89. The van der Waals surface area contributed by atoms with E-state index in [0.29, 0.717) is 18.4 Å². The fraction of sp³-hybridized carbons (Fsp3) is 0.318. The molecule has 0 spiro atoms. The average molecular weight is 460 g/mol. The van der Waals surface area contributed by atoms with Crippen molar-refractivity contribution in [2.24, 2.45) is 0 Å². The van der Waals surface area contributed by atoms with E-state index in [4.69, 9.17) is 0 Å². The molecule has 1 fully saturated rings. The van der Waals surface area contributed by atoms with Gasteiger partial charge in [-0.2, -0.15) is 0 Å². The van der Waals surface area contributed by atoms with Crippen molar-refractivity contribution in [1.82, 2.24) is 14.4 Å². The molecule has 31 heavy (non-hydrogen) atoms. The van der Waals surface area contributed by atoms with Crippen LogP contribution in [0.2, 0.25) is 0 Å². The Morgan fingerprint density at radius 1 is 0.806 bits per heavy atom. The van der Waals surface area contributed by atoms with Gasteiger partial charge in [0.1, 0.15) is 4.90 Å². The summed E-state index contributed by atoms with van der Waals surface area (Å²) in [7, 11) is -7.65. The maximum absolute atomic E-state index is 13.2. The van der Waals surface area contributed by atoms with Crippen molar-refractivity contribution in [3.05, 3.63) is 66.4 Å². The number of fused-ring (bicyclic) bond motifs is 1. The van der Waals surface area contributed by atoms with Gasteiger partial charge in [0.25, 0.3) is 0 Å². The first-order chi connectivity index (χ1) is 14.8. The molecule has 0 amide bonds. The van der Waals surface area contributed by atoms with Crippen molar-refractivity contribution in [2.45, 2.75) is 54.5 Å². The van der Waals surface area contributed by atoms with Crippen LogP contribution in [0.25, 0.3) is 10.9 Å². The predicted octanol–water partition coefficient (Wildman–Crippen LogP) is 3.11. The summed E-state index contributed by atoms with van der Waals surface area (Å²) in [6.45, 7) is 1.89. The molecule has 1 saturated carbocycles. The number of sulfonamides is 2. The van der Waals surface area contributed by atoms with Crippen molar-refractivity contribution >= 4 is 30.9 Å². The van der Waals surface area contributed by atoms with E-state index in [-0.39, 0.29) is 9.79 Å². The van der Waals surface area contributed by atoms with Crippen LogP contribution in [-0.4, -0.2) is 33.9 Å².